The van der Waals surface area contributed by atoms with Crippen LogP contribution in [0.2, 0.25) is 0 Å². The SMILES string of the molecule is COC(=O)C1CCC(OC(CN(C)C)N2CCCC2)CC1.Cl.Cl. The second kappa shape index (κ2) is 11.5. The standard InChI is InChI=1S/C16H30N2O3.2ClH/c1-17(2)12-15(18-10-4-5-11-18)21-14-8-6-13(7-9-14)16(19)20-3;;/h13-15H,4-12H2,1-3H3;2*1H. The van der Waals surface area contributed by atoms with Crippen LogP contribution in [0.25, 0.3) is 0 Å². The molecule has 0 N–H and O–H groups in total. The summed E-state index contributed by atoms with van der Waals surface area (Å²) in [6.45, 7) is 3.24. The maximum atomic E-state index is 11.6. The third kappa shape index (κ3) is 7.14. The van der Waals surface area contributed by atoms with Crippen molar-refractivity contribution in [3.8, 4) is 0 Å². The molecule has 0 bridgehead atoms. The van der Waals surface area contributed by atoms with Crippen LogP contribution in [0.5, 0.6) is 0 Å². The lowest BCUT2D eigenvalue weighted by molar-refractivity contribution is -0.150. The summed E-state index contributed by atoms with van der Waals surface area (Å²) >= 11 is 0. The Morgan fingerprint density at radius 3 is 2.17 bits per heavy atom. The number of halogens is 2. The molecule has 0 aromatic heterocycles. The fraction of sp³-hybridized carbons (Fsp3) is 0.938. The minimum atomic E-state index is -0.0576. The summed E-state index contributed by atoms with van der Waals surface area (Å²) < 4.78 is 11.2. The van der Waals surface area contributed by atoms with Gasteiger partial charge in [-0.05, 0) is 52.6 Å². The lowest BCUT2D eigenvalue weighted by atomic mass is 9.87. The second-order valence-electron chi connectivity index (χ2n) is 6.59. The number of carbonyl (C=O) groups excluding carboxylic acids is 1. The Bertz CT molecular complexity index is 331. The van der Waals surface area contributed by atoms with Crippen LogP contribution in [0.4, 0.5) is 0 Å². The van der Waals surface area contributed by atoms with Gasteiger partial charge in [-0.15, -0.1) is 24.8 Å². The Morgan fingerprint density at radius 2 is 1.70 bits per heavy atom. The van der Waals surface area contributed by atoms with E-state index in [0.717, 1.165) is 45.3 Å². The zero-order chi connectivity index (χ0) is 15.2. The molecule has 0 radical (unpaired) electrons. The van der Waals surface area contributed by atoms with Crippen molar-refractivity contribution in [3.63, 3.8) is 0 Å². The number of nitrogens with zero attached hydrogens (tertiary/aromatic N) is 2. The fourth-order valence-electron chi connectivity index (χ4n) is 3.41. The maximum absolute atomic E-state index is 11.6. The van der Waals surface area contributed by atoms with Gasteiger partial charge in [0.1, 0.15) is 6.23 Å². The first-order valence-corrected chi connectivity index (χ1v) is 8.22. The number of esters is 1. The Labute approximate surface area is 152 Å². The predicted octanol–water partition coefficient (Wildman–Crippen LogP) is 2.56. The fourth-order valence-corrected chi connectivity index (χ4v) is 3.41. The van der Waals surface area contributed by atoms with E-state index in [-0.39, 0.29) is 49.0 Å². The summed E-state index contributed by atoms with van der Waals surface area (Å²) in [6, 6.07) is 0. The highest BCUT2D eigenvalue weighted by atomic mass is 35.5. The molecule has 138 valence electrons. The van der Waals surface area contributed by atoms with E-state index < -0.39 is 0 Å². The Morgan fingerprint density at radius 1 is 1.13 bits per heavy atom. The molecule has 1 unspecified atom stereocenters. The number of hydrogen-bond acceptors (Lipinski definition) is 5. The van der Waals surface area contributed by atoms with E-state index in [2.05, 4.69) is 23.9 Å². The first-order chi connectivity index (χ1) is 10.1. The average Bonchev–Trinajstić information content (AvgIpc) is 3.00. The van der Waals surface area contributed by atoms with E-state index in [9.17, 15) is 4.79 Å². The molecule has 7 heteroatoms. The summed E-state index contributed by atoms with van der Waals surface area (Å²) in [5.74, 6) is 0.0202. The Balaban J connectivity index is 0.00000242. The monoisotopic (exact) mass is 370 g/mol. The molecule has 1 saturated carbocycles. The van der Waals surface area contributed by atoms with Crippen molar-refractivity contribution in [2.75, 3.05) is 40.8 Å². The summed E-state index contributed by atoms with van der Waals surface area (Å²) in [7, 11) is 5.67. The van der Waals surface area contributed by atoms with Crippen LogP contribution in [-0.2, 0) is 14.3 Å². The van der Waals surface area contributed by atoms with Crippen molar-refractivity contribution in [1.82, 2.24) is 9.80 Å². The number of carbonyl (C=O) groups is 1. The number of likely N-dealkylation sites (tertiary alicyclic amines) is 1. The van der Waals surface area contributed by atoms with Gasteiger partial charge in [0.2, 0.25) is 0 Å². The molecule has 23 heavy (non-hydrogen) atoms. The van der Waals surface area contributed by atoms with Gasteiger partial charge < -0.3 is 14.4 Å². The van der Waals surface area contributed by atoms with Gasteiger partial charge in [0.05, 0.1) is 19.1 Å². The molecule has 1 aliphatic carbocycles. The topological polar surface area (TPSA) is 42.0 Å². The predicted molar refractivity (Wildman–Crippen MR) is 96.5 cm³/mol. The van der Waals surface area contributed by atoms with E-state index in [1.807, 2.05) is 0 Å². The van der Waals surface area contributed by atoms with E-state index in [0.29, 0.717) is 0 Å². The van der Waals surface area contributed by atoms with E-state index >= 15 is 0 Å². The van der Waals surface area contributed by atoms with Crippen LogP contribution in [0.3, 0.4) is 0 Å². The molecule has 1 heterocycles. The Hall–Kier alpha value is -0.0700. The summed E-state index contributed by atoms with van der Waals surface area (Å²) in [5, 5.41) is 0. The van der Waals surface area contributed by atoms with E-state index in [1.54, 1.807) is 0 Å². The minimum absolute atomic E-state index is 0. The zero-order valence-electron chi connectivity index (χ0n) is 14.5. The first-order valence-electron chi connectivity index (χ1n) is 8.22. The van der Waals surface area contributed by atoms with E-state index in [1.165, 1.54) is 20.0 Å². The third-order valence-electron chi connectivity index (χ3n) is 4.63. The van der Waals surface area contributed by atoms with Crippen LogP contribution in [0, 0.1) is 5.92 Å². The first kappa shape index (κ1) is 22.9. The van der Waals surface area contributed by atoms with Gasteiger partial charge in [0, 0.05) is 19.6 Å². The normalized spacial score (nSPS) is 26.3. The van der Waals surface area contributed by atoms with Crippen molar-refractivity contribution in [2.24, 2.45) is 5.92 Å². The molecule has 2 rings (SSSR count). The maximum Gasteiger partial charge on any atom is 0.308 e. The number of methoxy groups -OCH3 is 1. The van der Waals surface area contributed by atoms with Crippen molar-refractivity contribution in [3.05, 3.63) is 0 Å². The van der Waals surface area contributed by atoms with Crippen molar-refractivity contribution in [1.29, 1.82) is 0 Å². The van der Waals surface area contributed by atoms with Crippen LogP contribution in [0.1, 0.15) is 38.5 Å². The van der Waals surface area contributed by atoms with Crippen LogP contribution >= 0.6 is 24.8 Å². The van der Waals surface area contributed by atoms with Crippen LogP contribution in [0.15, 0.2) is 0 Å². The van der Waals surface area contributed by atoms with Crippen LogP contribution in [-0.4, -0.2) is 68.9 Å². The van der Waals surface area contributed by atoms with E-state index in [4.69, 9.17) is 9.47 Å². The highest BCUT2D eigenvalue weighted by Crippen LogP contribution is 2.28. The molecule has 1 saturated heterocycles. The van der Waals surface area contributed by atoms with Crippen LogP contribution < -0.4 is 0 Å². The van der Waals surface area contributed by atoms with Gasteiger partial charge in [-0.2, -0.15) is 0 Å². The highest BCUT2D eigenvalue weighted by molar-refractivity contribution is 5.85. The number of hydrogen-bond donors (Lipinski definition) is 0. The van der Waals surface area contributed by atoms with Gasteiger partial charge in [0.25, 0.3) is 0 Å². The average molecular weight is 371 g/mol. The molecule has 0 spiro atoms. The summed E-state index contributed by atoms with van der Waals surface area (Å²) in [4.78, 5) is 16.2. The number of rotatable bonds is 6. The molecule has 0 aromatic rings. The second-order valence-corrected chi connectivity index (χ2v) is 6.59. The third-order valence-corrected chi connectivity index (χ3v) is 4.63. The zero-order valence-corrected chi connectivity index (χ0v) is 16.2. The highest BCUT2D eigenvalue weighted by Gasteiger charge is 2.31. The lowest BCUT2D eigenvalue weighted by Gasteiger charge is -2.35. The smallest absolute Gasteiger partial charge is 0.308 e. The molecular weight excluding hydrogens is 339 g/mol. The van der Waals surface area contributed by atoms with Gasteiger partial charge in [-0.1, -0.05) is 0 Å². The number of ether oxygens (including phenoxy) is 2. The molecule has 0 amide bonds. The molecule has 5 nitrogen and oxygen atoms in total. The van der Waals surface area contributed by atoms with Crippen molar-refractivity contribution >= 4 is 30.8 Å². The van der Waals surface area contributed by atoms with Gasteiger partial charge in [-0.25, -0.2) is 0 Å². The quantitative estimate of drug-likeness (QED) is 0.672. The largest absolute Gasteiger partial charge is 0.469 e. The minimum Gasteiger partial charge on any atom is -0.469 e. The van der Waals surface area contributed by atoms with Gasteiger partial charge in [0.15, 0.2) is 0 Å². The molecule has 1 aliphatic heterocycles. The van der Waals surface area contributed by atoms with Crippen molar-refractivity contribution in [2.45, 2.75) is 50.9 Å². The molecule has 0 aromatic carbocycles. The molecule has 1 atom stereocenters. The summed E-state index contributed by atoms with van der Waals surface area (Å²) in [6.07, 6.45) is 6.77. The number of likely N-dealkylation sites (N-methyl/N-ethyl adjacent to an activating group) is 1. The van der Waals surface area contributed by atoms with Crippen molar-refractivity contribution < 1.29 is 14.3 Å². The lowest BCUT2D eigenvalue weighted by Crippen LogP contribution is -2.45. The molecule has 2 aliphatic rings. The Kier molecular flexibility index (Phi) is 11.4. The van der Waals surface area contributed by atoms with Gasteiger partial charge >= 0.3 is 5.97 Å². The summed E-state index contributed by atoms with van der Waals surface area (Å²) in [5.41, 5.74) is 0. The molecular formula is C16H32Cl2N2O3. The molecule has 2 fully saturated rings. The van der Waals surface area contributed by atoms with Gasteiger partial charge in [-0.3, -0.25) is 9.69 Å².